The summed E-state index contributed by atoms with van der Waals surface area (Å²) in [6.07, 6.45) is 0. The molecular formula is C18H19N3O2. The van der Waals surface area contributed by atoms with E-state index in [-0.39, 0.29) is 12.5 Å². The molecule has 3 aromatic rings. The van der Waals surface area contributed by atoms with Crippen LogP contribution in [0.15, 0.2) is 54.6 Å². The lowest BCUT2D eigenvalue weighted by Crippen LogP contribution is -2.29. The number of hydrogen-bond donors (Lipinski definition) is 1. The molecule has 0 radical (unpaired) electrons. The van der Waals surface area contributed by atoms with Crippen molar-refractivity contribution in [1.29, 1.82) is 0 Å². The lowest BCUT2D eigenvalue weighted by molar-refractivity contribution is -0.123. The highest BCUT2D eigenvalue weighted by Gasteiger charge is 2.10. The summed E-state index contributed by atoms with van der Waals surface area (Å²) >= 11 is 0. The summed E-state index contributed by atoms with van der Waals surface area (Å²) in [5.74, 6) is 1.37. The molecule has 118 valence electrons. The van der Waals surface area contributed by atoms with E-state index in [2.05, 4.69) is 21.8 Å². The van der Waals surface area contributed by atoms with Gasteiger partial charge in [0.25, 0.3) is 5.91 Å². The zero-order valence-corrected chi connectivity index (χ0v) is 13.0. The maximum absolute atomic E-state index is 11.9. The van der Waals surface area contributed by atoms with Gasteiger partial charge in [-0.05, 0) is 31.2 Å². The number of aromatic nitrogens is 2. The molecule has 3 rings (SSSR count). The van der Waals surface area contributed by atoms with Crippen molar-refractivity contribution in [2.75, 3.05) is 6.61 Å². The highest BCUT2D eigenvalue weighted by atomic mass is 16.5. The van der Waals surface area contributed by atoms with E-state index in [1.54, 1.807) is 0 Å². The summed E-state index contributed by atoms with van der Waals surface area (Å²) in [7, 11) is 0. The van der Waals surface area contributed by atoms with Crippen molar-refractivity contribution in [2.45, 2.75) is 20.0 Å². The van der Waals surface area contributed by atoms with Crippen LogP contribution in [0.4, 0.5) is 0 Å². The summed E-state index contributed by atoms with van der Waals surface area (Å²) in [5.41, 5.74) is 2.03. The minimum Gasteiger partial charge on any atom is -0.484 e. The number of carbonyl (C=O) groups is 1. The molecule has 0 aliphatic rings. The van der Waals surface area contributed by atoms with E-state index in [1.165, 1.54) is 0 Å². The van der Waals surface area contributed by atoms with Crippen LogP contribution in [0.2, 0.25) is 0 Å². The van der Waals surface area contributed by atoms with Crippen molar-refractivity contribution in [3.05, 3.63) is 60.4 Å². The second-order valence-corrected chi connectivity index (χ2v) is 5.14. The zero-order chi connectivity index (χ0) is 16.1. The van der Waals surface area contributed by atoms with Crippen LogP contribution in [0.1, 0.15) is 12.7 Å². The number of fused-ring (bicyclic) bond motifs is 1. The number of hydrogen-bond acceptors (Lipinski definition) is 3. The Kier molecular flexibility index (Phi) is 4.57. The van der Waals surface area contributed by atoms with Crippen LogP contribution in [0.25, 0.3) is 11.0 Å². The molecule has 0 saturated heterocycles. The normalized spacial score (nSPS) is 10.7. The Hall–Kier alpha value is -2.82. The fourth-order valence-corrected chi connectivity index (χ4v) is 2.51. The minimum absolute atomic E-state index is 0.00360. The lowest BCUT2D eigenvalue weighted by atomic mass is 10.3. The number of benzene rings is 2. The van der Waals surface area contributed by atoms with E-state index in [0.29, 0.717) is 12.3 Å². The van der Waals surface area contributed by atoms with E-state index in [4.69, 9.17) is 4.74 Å². The van der Waals surface area contributed by atoms with Crippen LogP contribution < -0.4 is 10.1 Å². The molecule has 1 heterocycles. The average molecular weight is 309 g/mol. The van der Waals surface area contributed by atoms with Crippen LogP contribution >= 0.6 is 0 Å². The van der Waals surface area contributed by atoms with Gasteiger partial charge in [0.05, 0.1) is 17.6 Å². The summed E-state index contributed by atoms with van der Waals surface area (Å²) in [4.78, 5) is 16.5. The number of nitrogens with zero attached hydrogens (tertiary/aromatic N) is 2. The molecule has 2 aromatic carbocycles. The van der Waals surface area contributed by atoms with E-state index >= 15 is 0 Å². The third-order valence-electron chi connectivity index (χ3n) is 3.61. The lowest BCUT2D eigenvalue weighted by Gasteiger charge is -2.09. The maximum Gasteiger partial charge on any atom is 0.258 e. The van der Waals surface area contributed by atoms with Crippen molar-refractivity contribution < 1.29 is 9.53 Å². The first kappa shape index (κ1) is 15.1. The largest absolute Gasteiger partial charge is 0.484 e. The van der Waals surface area contributed by atoms with Gasteiger partial charge in [0.2, 0.25) is 0 Å². The standard InChI is InChI=1S/C18H19N3O2/c1-2-21-16-11-7-6-10-15(16)20-17(21)12-19-18(22)13-23-14-8-4-3-5-9-14/h3-11H,2,12-13H2,1H3,(H,19,22). The van der Waals surface area contributed by atoms with Gasteiger partial charge in [-0.15, -0.1) is 0 Å². The second kappa shape index (κ2) is 6.96. The molecule has 0 saturated carbocycles. The molecule has 0 spiro atoms. The quantitative estimate of drug-likeness (QED) is 0.762. The fourth-order valence-electron chi connectivity index (χ4n) is 2.51. The summed E-state index contributed by atoms with van der Waals surface area (Å²) in [6, 6.07) is 17.3. The number of rotatable bonds is 6. The van der Waals surface area contributed by atoms with Crippen LogP contribution in [0.3, 0.4) is 0 Å². The number of ether oxygens (including phenoxy) is 1. The van der Waals surface area contributed by atoms with Crippen LogP contribution in [-0.4, -0.2) is 22.1 Å². The van der Waals surface area contributed by atoms with Crippen molar-refractivity contribution in [2.24, 2.45) is 0 Å². The van der Waals surface area contributed by atoms with Crippen LogP contribution in [0.5, 0.6) is 5.75 Å². The van der Waals surface area contributed by atoms with E-state index < -0.39 is 0 Å². The van der Waals surface area contributed by atoms with Crippen molar-refractivity contribution in [3.63, 3.8) is 0 Å². The van der Waals surface area contributed by atoms with Crippen LogP contribution in [-0.2, 0) is 17.9 Å². The Morgan fingerprint density at radius 3 is 2.65 bits per heavy atom. The molecular weight excluding hydrogens is 290 g/mol. The predicted octanol–water partition coefficient (Wildman–Crippen LogP) is 2.75. The van der Waals surface area contributed by atoms with Gasteiger partial charge in [-0.3, -0.25) is 4.79 Å². The smallest absolute Gasteiger partial charge is 0.258 e. The first-order chi connectivity index (χ1) is 11.3. The zero-order valence-electron chi connectivity index (χ0n) is 13.0. The topological polar surface area (TPSA) is 56.2 Å². The second-order valence-electron chi connectivity index (χ2n) is 5.14. The van der Waals surface area contributed by atoms with Gasteiger partial charge < -0.3 is 14.6 Å². The Morgan fingerprint density at radius 1 is 1.13 bits per heavy atom. The van der Waals surface area contributed by atoms with Gasteiger partial charge in [-0.2, -0.15) is 0 Å². The predicted molar refractivity (Wildman–Crippen MR) is 89.2 cm³/mol. The highest BCUT2D eigenvalue weighted by Crippen LogP contribution is 2.15. The minimum atomic E-state index is -0.163. The van der Waals surface area contributed by atoms with Crippen molar-refractivity contribution in [1.82, 2.24) is 14.9 Å². The SMILES string of the molecule is CCn1c(CNC(=O)COc2ccccc2)nc2ccccc21. The number of carbonyl (C=O) groups excluding carboxylic acids is 1. The fraction of sp³-hybridized carbons (Fsp3) is 0.222. The average Bonchev–Trinajstić information content (AvgIpc) is 2.96. The molecule has 1 amide bonds. The van der Waals surface area contributed by atoms with Gasteiger partial charge in [-0.25, -0.2) is 4.98 Å². The highest BCUT2D eigenvalue weighted by molar-refractivity contribution is 5.78. The number of amides is 1. The number of aryl methyl sites for hydroxylation is 1. The van der Waals surface area contributed by atoms with Gasteiger partial charge in [0.15, 0.2) is 6.61 Å². The van der Waals surface area contributed by atoms with Crippen molar-refractivity contribution >= 4 is 16.9 Å². The molecule has 0 aliphatic carbocycles. The third kappa shape index (κ3) is 3.51. The van der Waals surface area contributed by atoms with Gasteiger partial charge >= 0.3 is 0 Å². The molecule has 0 aliphatic heterocycles. The summed E-state index contributed by atoms with van der Waals surface area (Å²) < 4.78 is 7.54. The molecule has 1 N–H and O–H groups in total. The van der Waals surface area contributed by atoms with Gasteiger partial charge in [0.1, 0.15) is 11.6 Å². The molecule has 5 nitrogen and oxygen atoms in total. The number of para-hydroxylation sites is 3. The molecule has 0 bridgehead atoms. The Morgan fingerprint density at radius 2 is 1.87 bits per heavy atom. The summed E-state index contributed by atoms with van der Waals surface area (Å²) in [6.45, 7) is 3.26. The molecule has 23 heavy (non-hydrogen) atoms. The molecule has 5 heteroatoms. The number of nitrogens with one attached hydrogen (secondary N) is 1. The van der Waals surface area contributed by atoms with Gasteiger partial charge in [0, 0.05) is 6.54 Å². The van der Waals surface area contributed by atoms with Gasteiger partial charge in [-0.1, -0.05) is 30.3 Å². The molecule has 0 unspecified atom stereocenters. The molecule has 0 fully saturated rings. The Bertz CT molecular complexity index is 796. The monoisotopic (exact) mass is 309 g/mol. The Labute approximate surface area is 134 Å². The van der Waals surface area contributed by atoms with E-state index in [0.717, 1.165) is 23.4 Å². The van der Waals surface area contributed by atoms with E-state index in [9.17, 15) is 4.79 Å². The molecule has 1 aromatic heterocycles. The first-order valence-electron chi connectivity index (χ1n) is 7.66. The number of imidazole rings is 1. The third-order valence-corrected chi connectivity index (χ3v) is 3.61. The first-order valence-corrected chi connectivity index (χ1v) is 7.66. The molecule has 0 atom stereocenters. The summed E-state index contributed by atoms with van der Waals surface area (Å²) in [5, 5.41) is 2.86. The maximum atomic E-state index is 11.9. The van der Waals surface area contributed by atoms with Crippen molar-refractivity contribution in [3.8, 4) is 5.75 Å². The van der Waals surface area contributed by atoms with E-state index in [1.807, 2.05) is 54.6 Å². The Balaban J connectivity index is 1.60. The van der Waals surface area contributed by atoms with Crippen LogP contribution in [0, 0.1) is 0 Å².